The van der Waals surface area contributed by atoms with Gasteiger partial charge >= 0.3 is 11.9 Å². The lowest BCUT2D eigenvalue weighted by Crippen LogP contribution is -2.47. The van der Waals surface area contributed by atoms with E-state index < -0.39 is 54.4 Å². The Morgan fingerprint density at radius 3 is 1.94 bits per heavy atom. The molecule has 0 saturated carbocycles. The third kappa shape index (κ3) is 8.25. The van der Waals surface area contributed by atoms with Crippen molar-refractivity contribution in [1.29, 1.82) is 0 Å². The molecule has 0 aliphatic rings. The zero-order valence-corrected chi connectivity index (χ0v) is 19.5. The number of hydrogen-bond acceptors (Lipinski definition) is 7. The number of ether oxygens (including phenoxy) is 1. The number of thiophene rings is 1. The Morgan fingerprint density at radius 1 is 0.941 bits per heavy atom. The molecule has 0 saturated heterocycles. The molecule has 3 aromatic rings. The van der Waals surface area contributed by atoms with E-state index in [1.165, 1.54) is 29.0 Å². The van der Waals surface area contributed by atoms with Crippen molar-refractivity contribution in [3.8, 4) is 0 Å². The molecule has 1 aromatic heterocycles. The van der Waals surface area contributed by atoms with E-state index in [0.717, 1.165) is 6.92 Å². The second-order valence-electron chi connectivity index (χ2n) is 7.32. The van der Waals surface area contributed by atoms with E-state index >= 15 is 0 Å². The van der Waals surface area contributed by atoms with Crippen LogP contribution in [0, 0.1) is 5.92 Å². The fourth-order valence-corrected chi connectivity index (χ4v) is 3.63. The Bertz CT molecular complexity index is 1090. The standard InChI is InChI=1S/C15H17NO7S.C10H8/c1-8(14(21)12-4-3-5-24-12)15(22)16-10(6-13(19)20)11(18)7-23-9(2)17;1-2-6-10-8-4-3-7-9(10)5-1/h3-5,8,10H,6-7H2,1-2H3,(H,16,22)(H,19,20);1-8H. The number of benzene rings is 2. The molecule has 8 nitrogen and oxygen atoms in total. The minimum Gasteiger partial charge on any atom is -0.481 e. The van der Waals surface area contributed by atoms with E-state index in [9.17, 15) is 24.0 Å². The van der Waals surface area contributed by atoms with Crippen LogP contribution in [0.25, 0.3) is 10.8 Å². The Balaban J connectivity index is 0.000000333. The lowest BCUT2D eigenvalue weighted by atomic mass is 10.0. The fraction of sp³-hybridized carbons (Fsp3) is 0.240. The number of nitrogens with one attached hydrogen (secondary N) is 1. The van der Waals surface area contributed by atoms with Gasteiger partial charge in [0.05, 0.1) is 17.2 Å². The van der Waals surface area contributed by atoms with Gasteiger partial charge in [0.15, 0.2) is 18.2 Å². The molecule has 0 aliphatic heterocycles. The van der Waals surface area contributed by atoms with Gasteiger partial charge in [0.2, 0.25) is 5.91 Å². The van der Waals surface area contributed by atoms with Crippen LogP contribution in [-0.4, -0.2) is 47.2 Å². The van der Waals surface area contributed by atoms with Gasteiger partial charge in [-0.3, -0.25) is 24.0 Å². The van der Waals surface area contributed by atoms with Crippen molar-refractivity contribution in [3.63, 3.8) is 0 Å². The predicted octanol–water partition coefficient (Wildman–Crippen LogP) is 3.50. The van der Waals surface area contributed by atoms with Crippen molar-refractivity contribution in [2.75, 3.05) is 6.61 Å². The summed E-state index contributed by atoms with van der Waals surface area (Å²) in [4.78, 5) is 58.1. The smallest absolute Gasteiger partial charge is 0.305 e. The summed E-state index contributed by atoms with van der Waals surface area (Å²) in [5.74, 6) is -5.06. The summed E-state index contributed by atoms with van der Waals surface area (Å²) in [6, 6.07) is 18.6. The Labute approximate surface area is 200 Å². The molecule has 34 heavy (non-hydrogen) atoms. The van der Waals surface area contributed by atoms with Crippen LogP contribution in [0.3, 0.4) is 0 Å². The van der Waals surface area contributed by atoms with Gasteiger partial charge in [0.1, 0.15) is 6.04 Å². The molecule has 0 aliphatic carbocycles. The number of rotatable bonds is 9. The van der Waals surface area contributed by atoms with E-state index in [1.807, 2.05) is 0 Å². The van der Waals surface area contributed by atoms with Crippen LogP contribution >= 0.6 is 11.3 Å². The third-order valence-corrected chi connectivity index (χ3v) is 5.60. The number of ketones is 2. The van der Waals surface area contributed by atoms with Crippen molar-refractivity contribution in [3.05, 3.63) is 70.9 Å². The van der Waals surface area contributed by atoms with Crippen LogP contribution in [0.2, 0.25) is 0 Å². The van der Waals surface area contributed by atoms with E-state index in [0.29, 0.717) is 4.88 Å². The highest BCUT2D eigenvalue weighted by Crippen LogP contribution is 2.15. The molecule has 9 heteroatoms. The predicted molar refractivity (Wildman–Crippen MR) is 128 cm³/mol. The molecule has 178 valence electrons. The van der Waals surface area contributed by atoms with Gasteiger partial charge in [-0.25, -0.2) is 0 Å². The van der Waals surface area contributed by atoms with Crippen molar-refractivity contribution in [2.24, 2.45) is 5.92 Å². The molecular weight excluding hydrogens is 458 g/mol. The maximum absolute atomic E-state index is 12.1. The number of amides is 1. The number of carbonyl (C=O) groups excluding carboxylic acids is 4. The highest BCUT2D eigenvalue weighted by atomic mass is 32.1. The first-order chi connectivity index (χ1) is 16.2. The lowest BCUT2D eigenvalue weighted by Gasteiger charge is -2.18. The average Bonchev–Trinajstić information content (AvgIpc) is 3.36. The monoisotopic (exact) mass is 483 g/mol. The molecule has 1 heterocycles. The van der Waals surface area contributed by atoms with Crippen molar-refractivity contribution >= 4 is 51.5 Å². The van der Waals surface area contributed by atoms with Crippen LogP contribution in [0.15, 0.2) is 66.0 Å². The number of hydrogen-bond donors (Lipinski definition) is 2. The number of aliphatic carboxylic acids is 1. The molecule has 0 spiro atoms. The highest BCUT2D eigenvalue weighted by molar-refractivity contribution is 7.12. The van der Waals surface area contributed by atoms with Crippen molar-refractivity contribution < 1.29 is 33.8 Å². The minimum absolute atomic E-state index is 0.388. The van der Waals surface area contributed by atoms with Gasteiger partial charge in [-0.2, -0.15) is 0 Å². The summed E-state index contributed by atoms with van der Waals surface area (Å²) in [5, 5.41) is 15.4. The third-order valence-electron chi connectivity index (χ3n) is 4.71. The van der Waals surface area contributed by atoms with Gasteiger partial charge in [-0.05, 0) is 29.1 Å². The van der Waals surface area contributed by atoms with Gasteiger partial charge in [0.25, 0.3) is 0 Å². The average molecular weight is 484 g/mol. The van der Waals surface area contributed by atoms with Gasteiger partial charge in [-0.15, -0.1) is 11.3 Å². The number of Topliss-reactive ketones (excluding diaryl/α,β-unsaturated/α-hetero) is 2. The number of esters is 1. The minimum atomic E-state index is -1.38. The van der Waals surface area contributed by atoms with Crippen LogP contribution in [-0.2, 0) is 23.9 Å². The second kappa shape index (κ2) is 13.0. The summed E-state index contributed by atoms with van der Waals surface area (Å²) in [5.41, 5.74) is 0. The second-order valence-corrected chi connectivity index (χ2v) is 8.26. The highest BCUT2D eigenvalue weighted by Gasteiger charge is 2.29. The van der Waals surface area contributed by atoms with Crippen molar-refractivity contribution in [1.82, 2.24) is 5.32 Å². The van der Waals surface area contributed by atoms with Crippen LogP contribution in [0.1, 0.15) is 29.9 Å². The normalized spacial score (nSPS) is 11.9. The molecule has 1 amide bonds. The van der Waals surface area contributed by atoms with Crippen LogP contribution < -0.4 is 5.32 Å². The molecule has 0 fully saturated rings. The molecule has 2 unspecified atom stereocenters. The Morgan fingerprint density at radius 2 is 1.50 bits per heavy atom. The molecule has 0 radical (unpaired) electrons. The quantitative estimate of drug-likeness (QED) is 0.271. The zero-order valence-electron chi connectivity index (χ0n) is 18.7. The summed E-state index contributed by atoms with van der Waals surface area (Å²) >= 11 is 1.18. The number of carbonyl (C=O) groups is 5. The number of carboxylic acids is 1. The molecule has 2 aromatic carbocycles. The number of carboxylic acid groups (broad SMARTS) is 1. The number of fused-ring (bicyclic) bond motifs is 1. The Hall–Kier alpha value is -3.85. The molecule has 2 atom stereocenters. The van der Waals surface area contributed by atoms with Gasteiger partial charge in [-0.1, -0.05) is 54.6 Å². The Kier molecular flexibility index (Phi) is 10.1. The molecular formula is C25H25NO7S. The van der Waals surface area contributed by atoms with Gasteiger partial charge in [0, 0.05) is 6.92 Å². The summed E-state index contributed by atoms with van der Waals surface area (Å²) in [7, 11) is 0. The SMILES string of the molecule is CC(=O)OCC(=O)C(CC(=O)O)NC(=O)C(C)C(=O)c1cccs1.c1ccc2ccccc2c1. The van der Waals surface area contributed by atoms with E-state index in [2.05, 4.69) is 58.6 Å². The lowest BCUT2D eigenvalue weighted by molar-refractivity contribution is -0.147. The largest absolute Gasteiger partial charge is 0.481 e. The van der Waals surface area contributed by atoms with E-state index in [1.54, 1.807) is 17.5 Å². The topological polar surface area (TPSA) is 127 Å². The maximum atomic E-state index is 12.1. The summed E-state index contributed by atoms with van der Waals surface area (Å²) in [6.45, 7) is 1.81. The fourth-order valence-electron chi connectivity index (χ4n) is 2.87. The van der Waals surface area contributed by atoms with Crippen LogP contribution in [0.5, 0.6) is 0 Å². The first kappa shape index (κ1) is 26.4. The van der Waals surface area contributed by atoms with Crippen molar-refractivity contribution in [2.45, 2.75) is 26.3 Å². The molecule has 3 rings (SSSR count). The maximum Gasteiger partial charge on any atom is 0.305 e. The van der Waals surface area contributed by atoms with E-state index in [-0.39, 0.29) is 0 Å². The molecule has 0 bridgehead atoms. The van der Waals surface area contributed by atoms with E-state index in [4.69, 9.17) is 5.11 Å². The van der Waals surface area contributed by atoms with Gasteiger partial charge < -0.3 is 15.2 Å². The zero-order chi connectivity index (χ0) is 25.1. The summed E-state index contributed by atoms with van der Waals surface area (Å²) in [6.07, 6.45) is -0.675. The molecule has 2 N–H and O–H groups in total. The first-order valence-corrected chi connectivity index (χ1v) is 11.3. The summed E-state index contributed by atoms with van der Waals surface area (Å²) < 4.78 is 4.52. The first-order valence-electron chi connectivity index (χ1n) is 10.4. The van der Waals surface area contributed by atoms with Crippen LogP contribution in [0.4, 0.5) is 0 Å².